The predicted octanol–water partition coefficient (Wildman–Crippen LogP) is 3.11. The highest BCUT2D eigenvalue weighted by atomic mass is 16.3. The van der Waals surface area contributed by atoms with E-state index in [-0.39, 0.29) is 5.92 Å². The van der Waals surface area contributed by atoms with Gasteiger partial charge in [0.1, 0.15) is 0 Å². The van der Waals surface area contributed by atoms with Crippen LogP contribution in [0.4, 0.5) is 0 Å². The number of carbonyl (C=O) groups is 1. The molecule has 3 heteroatoms. The molecule has 2 unspecified atom stereocenters. The van der Waals surface area contributed by atoms with Crippen molar-refractivity contribution in [1.29, 1.82) is 0 Å². The largest absolute Gasteiger partial charge is 0.389 e. The first-order chi connectivity index (χ1) is 9.69. The standard InChI is InChI=1S/C17H29NO2/c19-16(14-7-3-1-2-4-8-14)18-12-11-17(20)10-6-5-9-15(17)13-18/h14-15,20H,1-13H2. The predicted molar refractivity (Wildman–Crippen MR) is 79.3 cm³/mol. The monoisotopic (exact) mass is 279 g/mol. The van der Waals surface area contributed by atoms with Gasteiger partial charge in [-0.05, 0) is 32.1 Å². The van der Waals surface area contributed by atoms with Crippen LogP contribution in [0, 0.1) is 11.8 Å². The molecule has 3 fully saturated rings. The summed E-state index contributed by atoms with van der Waals surface area (Å²) in [7, 11) is 0. The Balaban J connectivity index is 1.61. The Bertz CT molecular complexity index is 349. The smallest absolute Gasteiger partial charge is 0.225 e. The molecule has 2 atom stereocenters. The first kappa shape index (κ1) is 14.4. The fourth-order valence-electron chi connectivity index (χ4n) is 4.56. The van der Waals surface area contributed by atoms with Crippen LogP contribution in [0.15, 0.2) is 0 Å². The molecule has 0 bridgehead atoms. The molecule has 0 aromatic carbocycles. The van der Waals surface area contributed by atoms with Gasteiger partial charge in [0.05, 0.1) is 5.60 Å². The minimum absolute atomic E-state index is 0.271. The fourth-order valence-corrected chi connectivity index (χ4v) is 4.56. The molecule has 0 aromatic rings. The number of rotatable bonds is 1. The van der Waals surface area contributed by atoms with Gasteiger partial charge < -0.3 is 10.0 Å². The van der Waals surface area contributed by atoms with Crippen LogP contribution in [0.3, 0.4) is 0 Å². The number of nitrogens with zero attached hydrogens (tertiary/aromatic N) is 1. The van der Waals surface area contributed by atoms with Crippen molar-refractivity contribution in [3.05, 3.63) is 0 Å². The molecule has 1 N–H and O–H groups in total. The van der Waals surface area contributed by atoms with Crippen LogP contribution in [-0.4, -0.2) is 34.6 Å². The summed E-state index contributed by atoms with van der Waals surface area (Å²) >= 11 is 0. The normalized spacial score (nSPS) is 36.2. The number of piperidine rings is 1. The van der Waals surface area contributed by atoms with Crippen LogP contribution in [0.1, 0.15) is 70.6 Å². The molecule has 20 heavy (non-hydrogen) atoms. The topological polar surface area (TPSA) is 40.5 Å². The van der Waals surface area contributed by atoms with E-state index in [9.17, 15) is 9.90 Å². The fraction of sp³-hybridized carbons (Fsp3) is 0.941. The Morgan fingerprint density at radius 3 is 2.40 bits per heavy atom. The molecule has 1 heterocycles. The van der Waals surface area contributed by atoms with E-state index in [0.717, 1.165) is 51.6 Å². The summed E-state index contributed by atoms with van der Waals surface area (Å²) in [4.78, 5) is 14.8. The molecule has 1 saturated heterocycles. The van der Waals surface area contributed by atoms with Gasteiger partial charge in [0.2, 0.25) is 5.91 Å². The molecule has 0 spiro atoms. The quantitative estimate of drug-likeness (QED) is 0.749. The van der Waals surface area contributed by atoms with Gasteiger partial charge in [-0.3, -0.25) is 4.79 Å². The van der Waals surface area contributed by atoms with Gasteiger partial charge >= 0.3 is 0 Å². The first-order valence-corrected chi connectivity index (χ1v) is 8.70. The van der Waals surface area contributed by atoms with Crippen molar-refractivity contribution in [2.45, 2.75) is 76.2 Å². The third kappa shape index (κ3) is 2.88. The molecular formula is C17H29NO2. The third-order valence-corrected chi connectivity index (χ3v) is 5.94. The minimum Gasteiger partial charge on any atom is -0.389 e. The van der Waals surface area contributed by atoms with Crippen LogP contribution in [0.2, 0.25) is 0 Å². The Hall–Kier alpha value is -0.570. The molecule has 2 saturated carbocycles. The van der Waals surface area contributed by atoms with Gasteiger partial charge in [-0.25, -0.2) is 0 Å². The lowest BCUT2D eigenvalue weighted by Gasteiger charge is -2.48. The Morgan fingerprint density at radius 2 is 1.65 bits per heavy atom. The number of hydrogen-bond donors (Lipinski definition) is 1. The van der Waals surface area contributed by atoms with Crippen molar-refractivity contribution in [3.63, 3.8) is 0 Å². The van der Waals surface area contributed by atoms with Crippen molar-refractivity contribution in [2.75, 3.05) is 13.1 Å². The summed E-state index contributed by atoms with van der Waals surface area (Å²) in [5.41, 5.74) is -0.460. The highest BCUT2D eigenvalue weighted by Gasteiger charge is 2.44. The second-order valence-electron chi connectivity index (χ2n) is 7.27. The molecule has 1 amide bonds. The van der Waals surface area contributed by atoms with E-state index in [2.05, 4.69) is 4.90 Å². The molecule has 3 rings (SSSR count). The van der Waals surface area contributed by atoms with Crippen LogP contribution in [0.5, 0.6) is 0 Å². The van der Waals surface area contributed by atoms with Crippen molar-refractivity contribution in [3.8, 4) is 0 Å². The summed E-state index contributed by atoms with van der Waals surface area (Å²) in [5.74, 6) is 0.992. The molecule has 3 aliphatic rings. The van der Waals surface area contributed by atoms with Crippen LogP contribution in [0.25, 0.3) is 0 Å². The van der Waals surface area contributed by atoms with Crippen LogP contribution in [-0.2, 0) is 4.79 Å². The maximum absolute atomic E-state index is 12.7. The van der Waals surface area contributed by atoms with Crippen molar-refractivity contribution in [2.24, 2.45) is 11.8 Å². The third-order valence-electron chi connectivity index (χ3n) is 5.94. The Labute approximate surface area is 122 Å². The molecular weight excluding hydrogens is 250 g/mol. The number of hydrogen-bond acceptors (Lipinski definition) is 2. The van der Waals surface area contributed by atoms with E-state index < -0.39 is 5.60 Å². The number of amides is 1. The number of fused-ring (bicyclic) bond motifs is 1. The minimum atomic E-state index is -0.460. The average Bonchev–Trinajstić information content (AvgIpc) is 2.74. The van der Waals surface area contributed by atoms with Crippen LogP contribution >= 0.6 is 0 Å². The molecule has 0 radical (unpaired) electrons. The summed E-state index contributed by atoms with van der Waals surface area (Å²) in [6.07, 6.45) is 12.4. The van der Waals surface area contributed by atoms with E-state index in [1.165, 1.54) is 32.1 Å². The SMILES string of the molecule is O=C(C1CCCCCC1)N1CCC2(O)CCCCC2C1. The molecule has 3 nitrogen and oxygen atoms in total. The number of carbonyl (C=O) groups excluding carboxylic acids is 1. The summed E-state index contributed by atoms with van der Waals surface area (Å²) in [5, 5.41) is 10.7. The number of aliphatic hydroxyl groups is 1. The van der Waals surface area contributed by atoms with Crippen molar-refractivity contribution < 1.29 is 9.90 Å². The molecule has 0 aromatic heterocycles. The second kappa shape index (κ2) is 6.05. The van der Waals surface area contributed by atoms with Gasteiger partial charge in [0.15, 0.2) is 0 Å². The van der Waals surface area contributed by atoms with E-state index in [1.54, 1.807) is 0 Å². The van der Waals surface area contributed by atoms with Gasteiger partial charge in [-0.1, -0.05) is 38.5 Å². The van der Waals surface area contributed by atoms with E-state index >= 15 is 0 Å². The first-order valence-electron chi connectivity index (χ1n) is 8.70. The highest BCUT2D eigenvalue weighted by molar-refractivity contribution is 5.79. The van der Waals surface area contributed by atoms with Gasteiger partial charge in [-0.15, -0.1) is 0 Å². The lowest BCUT2D eigenvalue weighted by molar-refractivity contribution is -0.147. The zero-order valence-electron chi connectivity index (χ0n) is 12.6. The summed E-state index contributed by atoms with van der Waals surface area (Å²) in [6, 6.07) is 0. The van der Waals surface area contributed by atoms with Gasteiger partial charge in [0.25, 0.3) is 0 Å². The van der Waals surface area contributed by atoms with Crippen molar-refractivity contribution in [1.82, 2.24) is 4.90 Å². The molecule has 114 valence electrons. The lowest BCUT2D eigenvalue weighted by Crippen LogP contribution is -2.55. The Kier molecular flexibility index (Phi) is 4.34. The van der Waals surface area contributed by atoms with Gasteiger partial charge in [0, 0.05) is 24.9 Å². The zero-order valence-corrected chi connectivity index (χ0v) is 12.6. The summed E-state index contributed by atoms with van der Waals surface area (Å²) in [6.45, 7) is 1.59. The lowest BCUT2D eigenvalue weighted by atomic mass is 9.71. The Morgan fingerprint density at radius 1 is 0.950 bits per heavy atom. The average molecular weight is 279 g/mol. The highest BCUT2D eigenvalue weighted by Crippen LogP contribution is 2.40. The maximum atomic E-state index is 12.7. The van der Waals surface area contributed by atoms with Crippen LogP contribution < -0.4 is 0 Å². The number of likely N-dealkylation sites (tertiary alicyclic amines) is 1. The zero-order chi connectivity index (χ0) is 14.0. The molecule has 2 aliphatic carbocycles. The van der Waals surface area contributed by atoms with E-state index in [0.29, 0.717) is 11.8 Å². The van der Waals surface area contributed by atoms with Crippen molar-refractivity contribution >= 4 is 5.91 Å². The second-order valence-corrected chi connectivity index (χ2v) is 7.27. The van der Waals surface area contributed by atoms with E-state index in [1.807, 2.05) is 0 Å². The maximum Gasteiger partial charge on any atom is 0.225 e. The van der Waals surface area contributed by atoms with E-state index in [4.69, 9.17) is 0 Å². The summed E-state index contributed by atoms with van der Waals surface area (Å²) < 4.78 is 0. The van der Waals surface area contributed by atoms with Gasteiger partial charge in [-0.2, -0.15) is 0 Å². The molecule has 1 aliphatic heterocycles.